The summed E-state index contributed by atoms with van der Waals surface area (Å²) in [4.78, 5) is 0. The minimum absolute atomic E-state index is 0.109. The van der Waals surface area contributed by atoms with Gasteiger partial charge in [0.1, 0.15) is 0 Å². The van der Waals surface area contributed by atoms with Crippen molar-refractivity contribution in [2.75, 3.05) is 0 Å². The molecule has 0 N–H and O–H groups in total. The summed E-state index contributed by atoms with van der Waals surface area (Å²) < 4.78 is 41.1. The molecule has 0 saturated heterocycles. The van der Waals surface area contributed by atoms with E-state index in [9.17, 15) is 13.2 Å². The number of alkyl halides is 3. The molecule has 242 valence electrons. The average Bonchev–Trinajstić information content (AvgIpc) is 3.12. The second-order valence-electron chi connectivity index (χ2n) is 12.9. The first kappa shape index (κ1) is 32.2. The summed E-state index contributed by atoms with van der Waals surface area (Å²) in [5, 5.41) is 2.34. The van der Waals surface area contributed by atoms with Gasteiger partial charge in [0.15, 0.2) is 0 Å². The van der Waals surface area contributed by atoms with Gasteiger partial charge >= 0.3 is 6.18 Å². The van der Waals surface area contributed by atoms with Gasteiger partial charge in [-0.3, -0.25) is 0 Å². The van der Waals surface area contributed by atoms with Gasteiger partial charge in [-0.05, 0) is 117 Å². The van der Waals surface area contributed by atoms with Crippen LogP contribution < -0.4 is 0 Å². The molecule has 0 fully saturated rings. The number of aryl methyl sites for hydroxylation is 2. The maximum absolute atomic E-state index is 13.7. The van der Waals surface area contributed by atoms with E-state index in [2.05, 4.69) is 135 Å². The molecule has 0 bridgehead atoms. The van der Waals surface area contributed by atoms with Crippen LogP contribution >= 0.6 is 0 Å². The van der Waals surface area contributed by atoms with Crippen molar-refractivity contribution in [3.8, 4) is 22.3 Å². The fourth-order valence-electron chi connectivity index (χ4n) is 7.12. The van der Waals surface area contributed by atoms with E-state index in [1.54, 1.807) is 12.1 Å². The molecule has 0 aliphatic heterocycles. The zero-order chi connectivity index (χ0) is 34.0. The molecule has 7 aromatic carbocycles. The second-order valence-corrected chi connectivity index (χ2v) is 12.9. The molecule has 7 aromatic rings. The van der Waals surface area contributed by atoms with Gasteiger partial charge in [-0.15, -0.1) is 0 Å². The Morgan fingerprint density at radius 3 is 1.71 bits per heavy atom. The summed E-state index contributed by atoms with van der Waals surface area (Å²) in [6.45, 7) is 4.28. The van der Waals surface area contributed by atoms with Crippen LogP contribution in [0.3, 0.4) is 0 Å². The molecule has 0 saturated carbocycles. The summed E-state index contributed by atoms with van der Waals surface area (Å²) in [6, 6.07) is 52.6. The van der Waals surface area contributed by atoms with Gasteiger partial charge in [0.05, 0.1) is 5.56 Å². The third-order valence-electron chi connectivity index (χ3n) is 9.66. The van der Waals surface area contributed by atoms with Gasteiger partial charge in [-0.2, -0.15) is 13.2 Å². The van der Waals surface area contributed by atoms with E-state index in [0.717, 1.165) is 68.3 Å². The first-order chi connectivity index (χ1) is 23.8. The predicted molar refractivity (Wildman–Crippen MR) is 197 cm³/mol. The number of benzene rings is 7. The molecule has 0 nitrogen and oxygen atoms in total. The lowest BCUT2D eigenvalue weighted by Gasteiger charge is -2.27. The monoisotopic (exact) mass is 646 g/mol. The number of rotatable bonds is 8. The number of fused-ring (bicyclic) bond motifs is 1. The number of hydrogen-bond acceptors (Lipinski definition) is 0. The first-order valence-corrected chi connectivity index (χ1v) is 16.7. The van der Waals surface area contributed by atoms with Crippen LogP contribution in [0.25, 0.3) is 33.0 Å². The van der Waals surface area contributed by atoms with E-state index in [-0.39, 0.29) is 5.92 Å². The predicted octanol–water partition coefficient (Wildman–Crippen LogP) is 12.8. The molecule has 0 heterocycles. The van der Waals surface area contributed by atoms with Crippen molar-refractivity contribution in [3.05, 3.63) is 202 Å². The van der Waals surface area contributed by atoms with Gasteiger partial charge in [0, 0.05) is 5.92 Å². The third-order valence-corrected chi connectivity index (χ3v) is 9.66. The van der Waals surface area contributed by atoms with Crippen LogP contribution in [-0.2, 0) is 19.0 Å². The quantitative estimate of drug-likeness (QED) is 0.144. The summed E-state index contributed by atoms with van der Waals surface area (Å²) in [6.07, 6.45) is -2.85. The Bertz CT molecular complexity index is 2160. The van der Waals surface area contributed by atoms with E-state index in [4.69, 9.17) is 0 Å². The van der Waals surface area contributed by atoms with Crippen molar-refractivity contribution in [3.63, 3.8) is 0 Å². The maximum Gasteiger partial charge on any atom is 0.416 e. The second kappa shape index (κ2) is 13.6. The van der Waals surface area contributed by atoms with E-state index in [1.807, 2.05) is 12.1 Å². The Balaban J connectivity index is 1.52. The van der Waals surface area contributed by atoms with Crippen molar-refractivity contribution in [2.24, 2.45) is 0 Å². The molecule has 0 aliphatic rings. The summed E-state index contributed by atoms with van der Waals surface area (Å²) in [7, 11) is 0. The molecule has 0 aromatic heterocycles. The molecule has 49 heavy (non-hydrogen) atoms. The van der Waals surface area contributed by atoms with Gasteiger partial charge in [0.25, 0.3) is 0 Å². The molecular formula is C46H37F3. The van der Waals surface area contributed by atoms with Crippen LogP contribution in [-0.4, -0.2) is 0 Å². The van der Waals surface area contributed by atoms with E-state index >= 15 is 0 Å². The Labute approximate surface area is 286 Å². The van der Waals surface area contributed by atoms with Gasteiger partial charge in [-0.1, -0.05) is 139 Å². The van der Waals surface area contributed by atoms with E-state index in [0.29, 0.717) is 0 Å². The zero-order valence-electron chi connectivity index (χ0n) is 27.6. The van der Waals surface area contributed by atoms with Crippen molar-refractivity contribution in [1.82, 2.24) is 0 Å². The van der Waals surface area contributed by atoms with Gasteiger partial charge < -0.3 is 0 Å². The molecule has 0 unspecified atom stereocenters. The fourth-order valence-corrected chi connectivity index (χ4v) is 7.12. The Kier molecular flexibility index (Phi) is 8.93. The lowest BCUT2D eigenvalue weighted by Crippen LogP contribution is -2.10. The van der Waals surface area contributed by atoms with Crippen LogP contribution in [0.5, 0.6) is 0 Å². The molecule has 0 aliphatic carbocycles. The molecule has 0 atom stereocenters. The normalized spacial score (nSPS) is 11.7. The van der Waals surface area contributed by atoms with Crippen molar-refractivity contribution in [1.29, 1.82) is 0 Å². The smallest absolute Gasteiger partial charge is 0.166 e. The molecule has 7 rings (SSSR count). The summed E-state index contributed by atoms with van der Waals surface area (Å²) in [5.74, 6) is -0.109. The van der Waals surface area contributed by atoms with Crippen LogP contribution in [0.4, 0.5) is 13.2 Å². The van der Waals surface area contributed by atoms with Crippen LogP contribution in [0, 0.1) is 13.8 Å². The minimum Gasteiger partial charge on any atom is -0.166 e. The lowest BCUT2D eigenvalue weighted by atomic mass is 9.76. The highest BCUT2D eigenvalue weighted by Crippen LogP contribution is 2.45. The zero-order valence-corrected chi connectivity index (χ0v) is 27.6. The van der Waals surface area contributed by atoms with Gasteiger partial charge in [0.2, 0.25) is 0 Å². The maximum atomic E-state index is 13.7. The van der Waals surface area contributed by atoms with E-state index in [1.165, 1.54) is 28.6 Å². The Morgan fingerprint density at radius 2 is 1.10 bits per heavy atom. The first-order valence-electron chi connectivity index (χ1n) is 16.7. The molecule has 0 spiro atoms. The Morgan fingerprint density at radius 1 is 0.531 bits per heavy atom. The van der Waals surface area contributed by atoms with E-state index < -0.39 is 11.7 Å². The minimum atomic E-state index is -4.40. The topological polar surface area (TPSA) is 0 Å². The van der Waals surface area contributed by atoms with Crippen LogP contribution in [0.2, 0.25) is 0 Å². The molecule has 3 heteroatoms. The number of hydrogen-bond donors (Lipinski definition) is 0. The fraction of sp³-hybridized carbons (Fsp3) is 0.130. The summed E-state index contributed by atoms with van der Waals surface area (Å²) in [5.41, 5.74) is 11.5. The standard InChI is InChI=1S/C46H37F3/c1-31-17-19-33(20-18-31)21-28-41-32(2)44(39-23-22-34-11-9-10-16-38(34)29-39)43(30-42(41)35-24-26-40(27-25-35)46(47,48)49)45(36-12-5-3-6-13-36)37-14-7-4-8-15-37/h3-20,22-27,29-30,45H,21,28H2,1-2H3. The van der Waals surface area contributed by atoms with Crippen LogP contribution in [0.15, 0.2) is 158 Å². The lowest BCUT2D eigenvalue weighted by molar-refractivity contribution is -0.137. The highest BCUT2D eigenvalue weighted by molar-refractivity contribution is 5.90. The largest absolute Gasteiger partial charge is 0.416 e. The number of halogens is 3. The molecular weight excluding hydrogens is 610 g/mol. The van der Waals surface area contributed by atoms with Gasteiger partial charge in [-0.25, -0.2) is 0 Å². The van der Waals surface area contributed by atoms with Crippen molar-refractivity contribution < 1.29 is 13.2 Å². The molecule has 0 radical (unpaired) electrons. The highest BCUT2D eigenvalue weighted by Gasteiger charge is 2.31. The average molecular weight is 647 g/mol. The van der Waals surface area contributed by atoms with Crippen molar-refractivity contribution in [2.45, 2.75) is 38.8 Å². The highest BCUT2D eigenvalue weighted by atomic mass is 19.4. The summed E-state index contributed by atoms with van der Waals surface area (Å²) >= 11 is 0. The SMILES string of the molecule is Cc1ccc(CCc2c(-c3ccc(C(F)(F)F)cc3)cc(C(c3ccccc3)c3ccccc3)c(-c3ccc4ccccc4c3)c2C)cc1. The Hall–Kier alpha value is -5.41. The third kappa shape index (κ3) is 6.80. The van der Waals surface area contributed by atoms with Crippen LogP contribution in [0.1, 0.15) is 50.4 Å². The van der Waals surface area contributed by atoms with Crippen molar-refractivity contribution >= 4 is 10.8 Å². The molecule has 0 amide bonds.